The highest BCUT2D eigenvalue weighted by Gasteiger charge is 2.31. The van der Waals surface area contributed by atoms with Gasteiger partial charge in [0.2, 0.25) is 15.9 Å². The van der Waals surface area contributed by atoms with E-state index in [1.165, 1.54) is 4.31 Å². The molecule has 1 aliphatic heterocycles. The quantitative estimate of drug-likeness (QED) is 0.657. The van der Waals surface area contributed by atoms with Gasteiger partial charge in [0, 0.05) is 26.2 Å². The minimum absolute atomic E-state index is 0.299. The minimum atomic E-state index is -3.63. The number of hydrogen-bond acceptors (Lipinski definition) is 6. The molecule has 1 aromatic carbocycles. The minimum Gasteiger partial charge on any atom is -0.497 e. The lowest BCUT2D eigenvalue weighted by atomic mass is 10.2. The highest BCUT2D eigenvalue weighted by atomic mass is 32.2. The van der Waals surface area contributed by atoms with Crippen molar-refractivity contribution in [2.75, 3.05) is 57.1 Å². The fourth-order valence-corrected chi connectivity index (χ4v) is 4.28. The van der Waals surface area contributed by atoms with Gasteiger partial charge in [-0.25, -0.2) is 8.42 Å². The molecule has 8 nitrogen and oxygen atoms in total. The first-order chi connectivity index (χ1) is 12.9. The number of carbonyl (C=O) groups is 1. The third-order valence-electron chi connectivity index (χ3n) is 4.49. The number of nitrogens with zero attached hydrogens (tertiary/aromatic N) is 2. The van der Waals surface area contributed by atoms with Crippen LogP contribution >= 0.6 is 0 Å². The lowest BCUT2D eigenvalue weighted by Crippen LogP contribution is -2.50. The number of anilines is 1. The van der Waals surface area contributed by atoms with Crippen LogP contribution in [0.4, 0.5) is 5.69 Å². The van der Waals surface area contributed by atoms with Crippen LogP contribution in [0, 0.1) is 0 Å². The lowest BCUT2D eigenvalue weighted by Gasteiger charge is -2.31. The number of nitrogens with one attached hydrogen (secondary N) is 1. The van der Waals surface area contributed by atoms with Crippen LogP contribution in [0.5, 0.6) is 5.75 Å². The fraction of sp³-hybridized carbons (Fsp3) is 0.611. The van der Waals surface area contributed by atoms with Gasteiger partial charge in [-0.2, -0.15) is 0 Å². The van der Waals surface area contributed by atoms with Crippen LogP contribution in [0.3, 0.4) is 0 Å². The molecule has 1 aromatic rings. The Morgan fingerprint density at radius 3 is 2.44 bits per heavy atom. The third-order valence-corrected chi connectivity index (χ3v) is 5.67. The first-order valence-corrected chi connectivity index (χ1v) is 10.9. The van der Waals surface area contributed by atoms with Crippen molar-refractivity contribution in [3.63, 3.8) is 0 Å². The van der Waals surface area contributed by atoms with Crippen LogP contribution in [-0.4, -0.2) is 78.0 Å². The third kappa shape index (κ3) is 6.08. The highest BCUT2D eigenvalue weighted by molar-refractivity contribution is 7.92. The maximum atomic E-state index is 12.7. The van der Waals surface area contributed by atoms with Gasteiger partial charge in [0.05, 0.1) is 32.3 Å². The topological polar surface area (TPSA) is 88.2 Å². The molecule has 1 unspecified atom stereocenters. The van der Waals surface area contributed by atoms with Crippen molar-refractivity contribution < 1.29 is 22.7 Å². The molecule has 1 N–H and O–H groups in total. The zero-order valence-electron chi connectivity index (χ0n) is 16.2. The van der Waals surface area contributed by atoms with Crippen LogP contribution in [0.25, 0.3) is 0 Å². The summed E-state index contributed by atoms with van der Waals surface area (Å²) in [5, 5.41) is 2.87. The summed E-state index contributed by atoms with van der Waals surface area (Å²) in [5.74, 6) is 0.321. The molecule has 1 atom stereocenters. The number of morpholine rings is 1. The molecule has 0 radical (unpaired) electrons. The predicted molar refractivity (Wildman–Crippen MR) is 105 cm³/mol. The Bertz CT molecular complexity index is 702. The van der Waals surface area contributed by atoms with Crippen molar-refractivity contribution in [1.82, 2.24) is 10.2 Å². The van der Waals surface area contributed by atoms with Gasteiger partial charge >= 0.3 is 0 Å². The van der Waals surface area contributed by atoms with Crippen molar-refractivity contribution >= 4 is 21.6 Å². The molecule has 1 heterocycles. The van der Waals surface area contributed by atoms with E-state index in [0.717, 1.165) is 19.3 Å². The molecule has 152 valence electrons. The molecular formula is C18H29N3O5S. The second kappa shape index (κ2) is 9.91. The average molecular weight is 400 g/mol. The van der Waals surface area contributed by atoms with Crippen LogP contribution in [-0.2, 0) is 19.6 Å². The molecule has 1 saturated heterocycles. The molecule has 1 aliphatic rings. The van der Waals surface area contributed by atoms with E-state index in [4.69, 9.17) is 9.47 Å². The summed E-state index contributed by atoms with van der Waals surface area (Å²) in [6.07, 6.45) is 1.48. The predicted octanol–water partition coefficient (Wildman–Crippen LogP) is 0.688. The van der Waals surface area contributed by atoms with Gasteiger partial charge in [-0.05, 0) is 30.7 Å². The van der Waals surface area contributed by atoms with E-state index in [1.54, 1.807) is 38.3 Å². The summed E-state index contributed by atoms with van der Waals surface area (Å²) in [7, 11) is -2.09. The molecule has 0 aromatic heterocycles. The van der Waals surface area contributed by atoms with Gasteiger partial charge in [0.15, 0.2) is 0 Å². The summed E-state index contributed by atoms with van der Waals surface area (Å²) in [5.41, 5.74) is 0.438. The maximum absolute atomic E-state index is 12.7. The number of amides is 1. The standard InChI is InChI=1S/C18H29N3O5S/c1-4-17(18(22)19-9-10-20-11-13-26-14-12-20)21(27(3,23)24)15-5-7-16(25-2)8-6-15/h5-8,17H,4,9-14H2,1-3H3,(H,19,22). The first kappa shape index (κ1) is 21.5. The zero-order chi connectivity index (χ0) is 19.9. The highest BCUT2D eigenvalue weighted by Crippen LogP contribution is 2.25. The summed E-state index contributed by atoms with van der Waals surface area (Å²) in [6, 6.07) is 5.83. The van der Waals surface area contributed by atoms with E-state index in [1.807, 2.05) is 0 Å². The Hall–Kier alpha value is -1.84. The largest absolute Gasteiger partial charge is 0.497 e. The summed E-state index contributed by atoms with van der Waals surface area (Å²) in [4.78, 5) is 14.9. The molecule has 27 heavy (non-hydrogen) atoms. The maximum Gasteiger partial charge on any atom is 0.243 e. The Balaban J connectivity index is 2.07. The van der Waals surface area contributed by atoms with E-state index < -0.39 is 16.1 Å². The molecule has 0 spiro atoms. The number of methoxy groups -OCH3 is 1. The van der Waals surface area contributed by atoms with Gasteiger partial charge in [-0.3, -0.25) is 14.0 Å². The van der Waals surface area contributed by atoms with Crippen molar-refractivity contribution in [2.45, 2.75) is 19.4 Å². The van der Waals surface area contributed by atoms with Gasteiger partial charge in [0.25, 0.3) is 0 Å². The lowest BCUT2D eigenvalue weighted by molar-refractivity contribution is -0.122. The van der Waals surface area contributed by atoms with Crippen molar-refractivity contribution in [3.05, 3.63) is 24.3 Å². The molecule has 0 aliphatic carbocycles. The van der Waals surface area contributed by atoms with Crippen LogP contribution in [0.1, 0.15) is 13.3 Å². The Labute approximate surface area is 161 Å². The number of hydrogen-bond donors (Lipinski definition) is 1. The molecule has 0 bridgehead atoms. The molecule has 0 saturated carbocycles. The Kier molecular flexibility index (Phi) is 7.88. The average Bonchev–Trinajstić information content (AvgIpc) is 2.66. The van der Waals surface area contributed by atoms with Crippen molar-refractivity contribution in [1.29, 1.82) is 0 Å². The number of benzene rings is 1. The van der Waals surface area contributed by atoms with Gasteiger partial charge < -0.3 is 14.8 Å². The summed E-state index contributed by atoms with van der Waals surface area (Å²) >= 11 is 0. The van der Waals surface area contributed by atoms with Crippen LogP contribution < -0.4 is 14.4 Å². The van der Waals surface area contributed by atoms with Gasteiger partial charge in [-0.15, -0.1) is 0 Å². The number of ether oxygens (including phenoxy) is 2. The molecule has 1 amide bonds. The summed E-state index contributed by atoms with van der Waals surface area (Å²) < 4.78 is 36.4. The Morgan fingerprint density at radius 1 is 1.30 bits per heavy atom. The van der Waals surface area contributed by atoms with E-state index in [0.29, 0.717) is 44.2 Å². The Morgan fingerprint density at radius 2 is 1.93 bits per heavy atom. The smallest absolute Gasteiger partial charge is 0.243 e. The number of carbonyl (C=O) groups excluding carboxylic acids is 1. The SMILES string of the molecule is CCC(C(=O)NCCN1CCOCC1)N(c1ccc(OC)cc1)S(C)(=O)=O. The molecule has 2 rings (SSSR count). The molecular weight excluding hydrogens is 370 g/mol. The van der Waals surface area contributed by atoms with Crippen LogP contribution in [0.2, 0.25) is 0 Å². The molecule has 1 fully saturated rings. The van der Waals surface area contributed by atoms with E-state index >= 15 is 0 Å². The van der Waals surface area contributed by atoms with Gasteiger partial charge in [0.1, 0.15) is 11.8 Å². The number of rotatable bonds is 9. The van der Waals surface area contributed by atoms with Crippen molar-refractivity contribution in [3.8, 4) is 5.75 Å². The first-order valence-electron chi connectivity index (χ1n) is 9.08. The molecule has 9 heteroatoms. The van der Waals surface area contributed by atoms with Crippen molar-refractivity contribution in [2.24, 2.45) is 0 Å². The summed E-state index contributed by atoms with van der Waals surface area (Å²) in [6.45, 7) is 6.06. The van der Waals surface area contributed by atoms with Gasteiger partial charge in [-0.1, -0.05) is 6.92 Å². The zero-order valence-corrected chi connectivity index (χ0v) is 17.0. The second-order valence-electron chi connectivity index (χ2n) is 6.43. The van der Waals surface area contributed by atoms with E-state index in [9.17, 15) is 13.2 Å². The second-order valence-corrected chi connectivity index (χ2v) is 8.29. The fourth-order valence-electron chi connectivity index (χ4n) is 3.07. The normalized spacial score (nSPS) is 16.6. The monoisotopic (exact) mass is 399 g/mol. The van der Waals surface area contributed by atoms with Crippen LogP contribution in [0.15, 0.2) is 24.3 Å². The van der Waals surface area contributed by atoms with E-state index in [-0.39, 0.29) is 5.91 Å². The van der Waals surface area contributed by atoms with E-state index in [2.05, 4.69) is 10.2 Å². The number of sulfonamides is 1.